The molecule has 1 amide bonds. The first-order valence-corrected chi connectivity index (χ1v) is 9.24. The van der Waals surface area contributed by atoms with E-state index in [-0.39, 0.29) is 18.0 Å². The van der Waals surface area contributed by atoms with Gasteiger partial charge in [-0.25, -0.2) is 4.68 Å². The molecule has 29 heavy (non-hydrogen) atoms. The lowest BCUT2D eigenvalue weighted by molar-refractivity contribution is -0.122. The molecular weight excluding hydrogens is 370 g/mol. The first-order valence-electron chi connectivity index (χ1n) is 9.24. The predicted molar refractivity (Wildman–Crippen MR) is 110 cm³/mol. The van der Waals surface area contributed by atoms with Crippen LogP contribution in [-0.4, -0.2) is 35.9 Å². The van der Waals surface area contributed by atoms with Gasteiger partial charge in [0, 0.05) is 11.6 Å². The zero-order valence-corrected chi connectivity index (χ0v) is 16.4. The number of para-hydroxylation sites is 1. The van der Waals surface area contributed by atoms with Crippen LogP contribution in [-0.2, 0) is 11.3 Å². The third-order valence-electron chi connectivity index (χ3n) is 4.26. The highest BCUT2D eigenvalue weighted by molar-refractivity contribution is 5.75. The molecule has 0 saturated heterocycles. The van der Waals surface area contributed by atoms with Crippen LogP contribution >= 0.6 is 0 Å². The zero-order valence-electron chi connectivity index (χ0n) is 16.4. The Morgan fingerprint density at radius 1 is 1.07 bits per heavy atom. The molecule has 3 aromatic rings. The van der Waals surface area contributed by atoms with Crippen LogP contribution in [0.5, 0.6) is 11.5 Å². The lowest BCUT2D eigenvalue weighted by Crippen LogP contribution is -2.35. The van der Waals surface area contributed by atoms with E-state index in [4.69, 9.17) is 9.47 Å². The fraction of sp³-hybridized carbons (Fsp3) is 0.227. The molecule has 0 bridgehead atoms. The van der Waals surface area contributed by atoms with Crippen LogP contribution in [0.15, 0.2) is 65.5 Å². The fourth-order valence-corrected chi connectivity index (χ4v) is 2.75. The third kappa shape index (κ3) is 5.44. The molecule has 0 fully saturated rings. The van der Waals surface area contributed by atoms with Crippen molar-refractivity contribution in [2.75, 3.05) is 20.3 Å². The number of ether oxygens (including phenoxy) is 2. The monoisotopic (exact) mass is 393 g/mol. The Labute approximate surface area is 168 Å². The molecule has 3 rings (SSSR count). The van der Waals surface area contributed by atoms with Gasteiger partial charge in [0.2, 0.25) is 5.91 Å². The second kappa shape index (κ2) is 9.54. The van der Waals surface area contributed by atoms with E-state index in [2.05, 4.69) is 10.4 Å². The molecule has 0 aliphatic heterocycles. The molecule has 0 radical (unpaired) electrons. The van der Waals surface area contributed by atoms with Gasteiger partial charge < -0.3 is 14.8 Å². The number of benzene rings is 2. The van der Waals surface area contributed by atoms with E-state index in [0.29, 0.717) is 24.6 Å². The Balaban J connectivity index is 1.58. The van der Waals surface area contributed by atoms with Crippen molar-refractivity contribution >= 4 is 5.91 Å². The number of aryl methyl sites for hydroxylation is 1. The van der Waals surface area contributed by atoms with Gasteiger partial charge in [0.05, 0.1) is 19.3 Å². The van der Waals surface area contributed by atoms with Gasteiger partial charge in [-0.1, -0.05) is 29.8 Å². The molecule has 0 aliphatic carbocycles. The number of nitrogens with zero attached hydrogens (tertiary/aromatic N) is 2. The fourth-order valence-electron chi connectivity index (χ4n) is 2.75. The minimum Gasteiger partial charge on any atom is -0.496 e. The topological polar surface area (TPSA) is 82.5 Å². The van der Waals surface area contributed by atoms with E-state index in [1.54, 1.807) is 13.2 Å². The number of aromatic nitrogens is 2. The molecule has 7 nitrogen and oxygen atoms in total. The number of rotatable bonds is 8. The maximum atomic E-state index is 12.2. The molecule has 0 saturated carbocycles. The third-order valence-corrected chi connectivity index (χ3v) is 4.26. The van der Waals surface area contributed by atoms with E-state index in [0.717, 1.165) is 21.6 Å². The number of carbonyl (C=O) groups excluding carboxylic acids is 1. The lowest BCUT2D eigenvalue weighted by atomic mass is 10.1. The zero-order chi connectivity index (χ0) is 20.6. The Morgan fingerprint density at radius 3 is 2.59 bits per heavy atom. The van der Waals surface area contributed by atoms with Crippen LogP contribution in [0.2, 0.25) is 0 Å². The molecule has 0 aliphatic rings. The van der Waals surface area contributed by atoms with Gasteiger partial charge in [-0.3, -0.25) is 9.59 Å². The normalized spacial score (nSPS) is 10.4. The van der Waals surface area contributed by atoms with Crippen LogP contribution in [0, 0.1) is 6.92 Å². The van der Waals surface area contributed by atoms with Crippen molar-refractivity contribution in [1.82, 2.24) is 15.1 Å². The molecule has 150 valence electrons. The quantitative estimate of drug-likeness (QED) is 0.595. The van der Waals surface area contributed by atoms with Crippen molar-refractivity contribution in [3.63, 3.8) is 0 Å². The first-order chi connectivity index (χ1) is 14.1. The van der Waals surface area contributed by atoms with E-state index in [9.17, 15) is 9.59 Å². The van der Waals surface area contributed by atoms with Crippen molar-refractivity contribution in [3.05, 3.63) is 76.6 Å². The SMILES string of the molecule is COc1ccccc1-c1ccc(=O)n(CC(=O)NCCOc2ccc(C)cc2)n1. The van der Waals surface area contributed by atoms with E-state index < -0.39 is 0 Å². The number of amides is 1. The molecular formula is C22H23N3O4. The molecule has 7 heteroatoms. The largest absolute Gasteiger partial charge is 0.496 e. The average molecular weight is 393 g/mol. The van der Waals surface area contributed by atoms with Gasteiger partial charge in [0.25, 0.3) is 5.56 Å². The van der Waals surface area contributed by atoms with Crippen molar-refractivity contribution in [3.8, 4) is 22.8 Å². The smallest absolute Gasteiger partial charge is 0.267 e. The summed E-state index contributed by atoms with van der Waals surface area (Å²) in [6, 6.07) is 18.0. The van der Waals surface area contributed by atoms with Crippen LogP contribution < -0.4 is 20.3 Å². The summed E-state index contributed by atoms with van der Waals surface area (Å²) in [6.07, 6.45) is 0. The van der Waals surface area contributed by atoms with Crippen LogP contribution in [0.4, 0.5) is 0 Å². The first kappa shape index (κ1) is 20.1. The highest BCUT2D eigenvalue weighted by Crippen LogP contribution is 2.27. The predicted octanol–water partition coefficient (Wildman–Crippen LogP) is 2.42. The van der Waals surface area contributed by atoms with E-state index >= 15 is 0 Å². The number of methoxy groups -OCH3 is 1. The number of hydrogen-bond acceptors (Lipinski definition) is 5. The van der Waals surface area contributed by atoms with Gasteiger partial charge in [0.1, 0.15) is 24.7 Å². The second-order valence-electron chi connectivity index (χ2n) is 6.43. The lowest BCUT2D eigenvalue weighted by Gasteiger charge is -2.11. The van der Waals surface area contributed by atoms with Gasteiger partial charge in [-0.2, -0.15) is 5.10 Å². The Bertz CT molecular complexity index is 1030. The highest BCUT2D eigenvalue weighted by atomic mass is 16.5. The second-order valence-corrected chi connectivity index (χ2v) is 6.43. The van der Waals surface area contributed by atoms with E-state index in [1.807, 2.05) is 55.5 Å². The van der Waals surface area contributed by atoms with Gasteiger partial charge in [-0.05, 0) is 37.3 Å². The summed E-state index contributed by atoms with van der Waals surface area (Å²) in [7, 11) is 1.57. The molecule has 2 aromatic carbocycles. The van der Waals surface area contributed by atoms with Crippen molar-refractivity contribution < 1.29 is 14.3 Å². The summed E-state index contributed by atoms with van der Waals surface area (Å²) in [5.41, 5.74) is 2.10. The van der Waals surface area contributed by atoms with Crippen molar-refractivity contribution in [2.45, 2.75) is 13.5 Å². The molecule has 1 heterocycles. The average Bonchev–Trinajstić information content (AvgIpc) is 2.74. The minimum absolute atomic E-state index is 0.174. The van der Waals surface area contributed by atoms with Crippen LogP contribution in [0.25, 0.3) is 11.3 Å². The number of nitrogens with one attached hydrogen (secondary N) is 1. The molecule has 1 aromatic heterocycles. The van der Waals surface area contributed by atoms with Crippen molar-refractivity contribution in [2.24, 2.45) is 0 Å². The van der Waals surface area contributed by atoms with Crippen molar-refractivity contribution in [1.29, 1.82) is 0 Å². The molecule has 0 spiro atoms. The Kier molecular flexibility index (Phi) is 6.63. The minimum atomic E-state index is -0.352. The van der Waals surface area contributed by atoms with Crippen LogP contribution in [0.1, 0.15) is 5.56 Å². The Morgan fingerprint density at radius 2 is 1.83 bits per heavy atom. The number of hydrogen-bond donors (Lipinski definition) is 1. The molecule has 0 unspecified atom stereocenters. The summed E-state index contributed by atoms with van der Waals surface area (Å²) >= 11 is 0. The highest BCUT2D eigenvalue weighted by Gasteiger charge is 2.10. The maximum absolute atomic E-state index is 12.2. The van der Waals surface area contributed by atoms with E-state index in [1.165, 1.54) is 6.07 Å². The number of carbonyl (C=O) groups is 1. The molecule has 0 atom stereocenters. The summed E-state index contributed by atoms with van der Waals surface area (Å²) in [6.45, 7) is 2.49. The standard InChI is InChI=1S/C22H23N3O4/c1-16-7-9-17(10-8-16)29-14-13-23-21(26)15-25-22(27)12-11-19(24-25)18-5-3-4-6-20(18)28-2/h3-12H,13-15H2,1-2H3,(H,23,26). The Hall–Kier alpha value is -3.61. The molecule has 1 N–H and O–H groups in total. The maximum Gasteiger partial charge on any atom is 0.267 e. The summed E-state index contributed by atoms with van der Waals surface area (Å²) < 4.78 is 12.1. The van der Waals surface area contributed by atoms with Gasteiger partial charge >= 0.3 is 0 Å². The summed E-state index contributed by atoms with van der Waals surface area (Å²) in [5.74, 6) is 1.07. The van der Waals surface area contributed by atoms with Crippen LogP contribution in [0.3, 0.4) is 0 Å². The summed E-state index contributed by atoms with van der Waals surface area (Å²) in [4.78, 5) is 24.3. The van der Waals surface area contributed by atoms with Gasteiger partial charge in [-0.15, -0.1) is 0 Å². The summed E-state index contributed by atoms with van der Waals surface area (Å²) in [5, 5.41) is 7.04. The van der Waals surface area contributed by atoms with Gasteiger partial charge in [0.15, 0.2) is 0 Å².